The van der Waals surface area contributed by atoms with Crippen molar-refractivity contribution < 1.29 is 14.3 Å². The number of rotatable bonds is 4. The predicted octanol–water partition coefficient (Wildman–Crippen LogP) is 2.64. The van der Waals surface area contributed by atoms with Crippen LogP contribution in [0.15, 0.2) is 36.4 Å². The topological polar surface area (TPSA) is 72.6 Å². The van der Waals surface area contributed by atoms with E-state index in [0.29, 0.717) is 25.3 Å². The van der Waals surface area contributed by atoms with E-state index in [1.165, 1.54) is 18.1 Å². The van der Waals surface area contributed by atoms with Gasteiger partial charge < -0.3 is 10.5 Å². The number of ether oxygens (including phenoxy) is 1. The molecule has 0 aliphatic carbocycles. The van der Waals surface area contributed by atoms with Crippen LogP contribution < -0.4 is 10.5 Å². The molecule has 1 aliphatic heterocycles. The molecule has 0 spiro atoms. The molecule has 0 radical (unpaired) electrons. The number of carbonyl (C=O) groups excluding carboxylic acids is 2. The second-order valence-corrected chi connectivity index (χ2v) is 6.95. The molecule has 2 N–H and O–H groups in total. The summed E-state index contributed by atoms with van der Waals surface area (Å²) in [5, 5.41) is 0. The number of primary amides is 1. The van der Waals surface area contributed by atoms with Crippen LogP contribution in [0.1, 0.15) is 34.7 Å². The number of nitrogens with two attached hydrogens (primary N) is 1. The summed E-state index contributed by atoms with van der Waals surface area (Å²) in [6.45, 7) is 6.55. The van der Waals surface area contributed by atoms with Crippen molar-refractivity contribution >= 4 is 11.9 Å². The van der Waals surface area contributed by atoms with Gasteiger partial charge in [-0.2, -0.15) is 0 Å². The Balaban J connectivity index is 1.87. The Morgan fingerprint density at radius 3 is 2.35 bits per heavy atom. The molecule has 5 nitrogen and oxygen atoms in total. The Morgan fingerprint density at radius 1 is 1.15 bits per heavy atom. The van der Waals surface area contributed by atoms with Crippen LogP contribution in [0.4, 0.5) is 0 Å². The van der Waals surface area contributed by atoms with Gasteiger partial charge in [-0.15, -0.1) is 0 Å². The van der Waals surface area contributed by atoms with Gasteiger partial charge in [-0.1, -0.05) is 36.4 Å². The van der Waals surface area contributed by atoms with Crippen LogP contribution in [0, 0.1) is 13.8 Å². The summed E-state index contributed by atoms with van der Waals surface area (Å²) in [6, 6.07) is 11.9. The minimum absolute atomic E-state index is 0.301. The first-order chi connectivity index (χ1) is 12.3. The number of esters is 1. The van der Waals surface area contributed by atoms with Crippen LogP contribution in [0.25, 0.3) is 0 Å². The molecule has 0 aromatic heterocycles. The maximum Gasteiger partial charge on any atom is 0.308 e. The third kappa shape index (κ3) is 3.78. The van der Waals surface area contributed by atoms with E-state index in [9.17, 15) is 9.59 Å². The zero-order chi connectivity index (χ0) is 18.8. The molecule has 0 fully saturated rings. The molecule has 0 saturated carbocycles. The van der Waals surface area contributed by atoms with E-state index in [1.54, 1.807) is 0 Å². The van der Waals surface area contributed by atoms with E-state index in [-0.39, 0.29) is 17.9 Å². The average molecular weight is 352 g/mol. The van der Waals surface area contributed by atoms with Crippen LogP contribution in [0.2, 0.25) is 0 Å². The van der Waals surface area contributed by atoms with E-state index in [0.717, 1.165) is 16.7 Å². The summed E-state index contributed by atoms with van der Waals surface area (Å²) in [5.74, 6) is -0.0217. The lowest BCUT2D eigenvalue weighted by Gasteiger charge is -2.35. The van der Waals surface area contributed by atoms with Crippen molar-refractivity contribution in [2.24, 2.45) is 5.73 Å². The Morgan fingerprint density at radius 2 is 1.77 bits per heavy atom. The molecule has 1 amide bonds. The largest absolute Gasteiger partial charge is 0.426 e. The van der Waals surface area contributed by atoms with Crippen molar-refractivity contribution in [1.82, 2.24) is 4.90 Å². The smallest absolute Gasteiger partial charge is 0.308 e. The lowest BCUT2D eigenvalue weighted by molar-refractivity contribution is -0.132. The van der Waals surface area contributed by atoms with E-state index in [2.05, 4.69) is 17.0 Å². The number of aryl methyl sites for hydroxylation is 2. The minimum atomic E-state index is -0.328. The van der Waals surface area contributed by atoms with Crippen molar-refractivity contribution in [2.45, 2.75) is 46.3 Å². The highest BCUT2D eigenvalue weighted by Crippen LogP contribution is 2.28. The van der Waals surface area contributed by atoms with Crippen molar-refractivity contribution in [2.75, 3.05) is 0 Å². The fourth-order valence-electron chi connectivity index (χ4n) is 3.69. The molecular formula is C21H24N2O3. The summed E-state index contributed by atoms with van der Waals surface area (Å²) in [7, 11) is 0. The van der Waals surface area contributed by atoms with Gasteiger partial charge in [0.1, 0.15) is 5.75 Å². The first kappa shape index (κ1) is 18.1. The maximum absolute atomic E-state index is 12.0. The lowest BCUT2D eigenvalue weighted by atomic mass is 9.93. The highest BCUT2D eigenvalue weighted by atomic mass is 16.5. The Hall–Kier alpha value is -2.66. The van der Waals surface area contributed by atoms with E-state index in [4.69, 9.17) is 10.5 Å². The molecule has 0 bridgehead atoms. The quantitative estimate of drug-likeness (QED) is 0.678. The Bertz CT molecular complexity index is 837. The van der Waals surface area contributed by atoms with E-state index < -0.39 is 0 Å². The highest BCUT2D eigenvalue weighted by molar-refractivity contribution is 5.80. The van der Waals surface area contributed by atoms with Gasteiger partial charge in [0.2, 0.25) is 5.91 Å². The molecular weight excluding hydrogens is 328 g/mol. The number of nitrogens with zero attached hydrogens (tertiary/aromatic N) is 1. The fourth-order valence-corrected chi connectivity index (χ4v) is 3.69. The third-order valence-electron chi connectivity index (χ3n) is 4.83. The van der Waals surface area contributed by atoms with E-state index in [1.807, 2.05) is 38.1 Å². The second-order valence-electron chi connectivity index (χ2n) is 6.95. The average Bonchev–Trinajstić information content (AvgIpc) is 2.57. The van der Waals surface area contributed by atoms with Crippen molar-refractivity contribution in [3.63, 3.8) is 0 Å². The molecule has 2 aromatic carbocycles. The highest BCUT2D eigenvalue weighted by Gasteiger charge is 2.30. The molecule has 136 valence electrons. The summed E-state index contributed by atoms with van der Waals surface area (Å²) in [5.41, 5.74) is 11.0. The number of benzene rings is 2. The van der Waals surface area contributed by atoms with Gasteiger partial charge in [-0.25, -0.2) is 0 Å². The molecule has 26 heavy (non-hydrogen) atoms. The lowest BCUT2D eigenvalue weighted by Crippen LogP contribution is -2.48. The standard InChI is InChI=1S/C21H24N2O3/c1-13-8-16(9-14(2)20(13)26-15(3)24)11-23-12-18-7-5-4-6-17(18)10-19(23)21(22)25/h4-9,19H,10-12H2,1-3H3,(H2,22,25). The molecule has 1 aliphatic rings. The number of hydrogen-bond acceptors (Lipinski definition) is 4. The van der Waals surface area contributed by atoms with Gasteiger partial charge in [0.05, 0.1) is 6.04 Å². The SMILES string of the molecule is CC(=O)Oc1c(C)cc(CN2Cc3ccccc3CC2C(N)=O)cc1C. The van der Waals surface area contributed by atoms with Crippen molar-refractivity contribution in [3.8, 4) is 5.75 Å². The molecule has 1 unspecified atom stereocenters. The molecule has 3 rings (SSSR count). The van der Waals surface area contributed by atoms with Gasteiger partial charge in [0.15, 0.2) is 0 Å². The van der Waals surface area contributed by atoms with Gasteiger partial charge in [-0.3, -0.25) is 14.5 Å². The monoisotopic (exact) mass is 352 g/mol. The number of amides is 1. The number of hydrogen-bond donors (Lipinski definition) is 1. The molecule has 1 atom stereocenters. The minimum Gasteiger partial charge on any atom is -0.426 e. The maximum atomic E-state index is 12.0. The van der Waals surface area contributed by atoms with Crippen LogP contribution in [-0.4, -0.2) is 22.8 Å². The van der Waals surface area contributed by atoms with Gasteiger partial charge >= 0.3 is 5.97 Å². The zero-order valence-corrected chi connectivity index (χ0v) is 15.4. The number of carbonyl (C=O) groups is 2. The molecule has 5 heteroatoms. The molecule has 2 aromatic rings. The first-order valence-corrected chi connectivity index (χ1v) is 8.74. The molecule has 0 saturated heterocycles. The zero-order valence-electron chi connectivity index (χ0n) is 15.4. The Labute approximate surface area is 153 Å². The molecule has 1 heterocycles. The van der Waals surface area contributed by atoms with Crippen molar-refractivity contribution in [3.05, 3.63) is 64.2 Å². The van der Waals surface area contributed by atoms with Gasteiger partial charge in [-0.05, 0) is 48.1 Å². The predicted molar refractivity (Wildman–Crippen MR) is 99.6 cm³/mol. The Kier molecular flexibility index (Phi) is 5.09. The fraction of sp³-hybridized carbons (Fsp3) is 0.333. The van der Waals surface area contributed by atoms with Gasteiger partial charge in [0.25, 0.3) is 0 Å². The van der Waals surface area contributed by atoms with E-state index >= 15 is 0 Å². The van der Waals surface area contributed by atoms with Gasteiger partial charge in [0, 0.05) is 20.0 Å². The van der Waals surface area contributed by atoms with Crippen LogP contribution in [0.5, 0.6) is 5.75 Å². The van der Waals surface area contributed by atoms with Crippen molar-refractivity contribution in [1.29, 1.82) is 0 Å². The third-order valence-corrected chi connectivity index (χ3v) is 4.83. The van der Waals surface area contributed by atoms with Crippen LogP contribution in [0.3, 0.4) is 0 Å². The first-order valence-electron chi connectivity index (χ1n) is 8.74. The van der Waals surface area contributed by atoms with Crippen LogP contribution >= 0.6 is 0 Å². The number of fused-ring (bicyclic) bond motifs is 1. The summed E-state index contributed by atoms with van der Waals surface area (Å²) in [4.78, 5) is 25.4. The normalized spacial score (nSPS) is 16.8. The van der Waals surface area contributed by atoms with Crippen LogP contribution in [-0.2, 0) is 29.1 Å². The summed E-state index contributed by atoms with van der Waals surface area (Å²) < 4.78 is 5.30. The second kappa shape index (κ2) is 7.30. The summed E-state index contributed by atoms with van der Waals surface area (Å²) in [6.07, 6.45) is 0.634. The summed E-state index contributed by atoms with van der Waals surface area (Å²) >= 11 is 0.